The van der Waals surface area contributed by atoms with Crippen LogP contribution in [0.4, 0.5) is 18.9 Å². The SMILES string of the molecule is Cc1ccc(CN(CC(=O)Nc2ccc(C(F)(F)F)cc2)S(=O)(=O)c2ccc(Br)cc2)cc1. The van der Waals surface area contributed by atoms with Crippen LogP contribution < -0.4 is 5.32 Å². The minimum atomic E-state index is -4.49. The van der Waals surface area contributed by atoms with Crippen molar-refractivity contribution in [1.29, 1.82) is 0 Å². The van der Waals surface area contributed by atoms with Crippen LogP contribution in [0.3, 0.4) is 0 Å². The van der Waals surface area contributed by atoms with Crippen molar-refractivity contribution < 1.29 is 26.4 Å². The van der Waals surface area contributed by atoms with Crippen LogP contribution in [0.2, 0.25) is 0 Å². The van der Waals surface area contributed by atoms with Crippen LogP contribution in [0.25, 0.3) is 0 Å². The molecule has 1 N–H and O–H groups in total. The lowest BCUT2D eigenvalue weighted by molar-refractivity contribution is -0.137. The van der Waals surface area contributed by atoms with Crippen molar-refractivity contribution in [3.05, 3.63) is 94.0 Å². The summed E-state index contributed by atoms with van der Waals surface area (Å²) in [7, 11) is -4.04. The van der Waals surface area contributed by atoms with Gasteiger partial charge in [-0.25, -0.2) is 8.42 Å². The number of alkyl halides is 3. The molecule has 0 atom stereocenters. The van der Waals surface area contributed by atoms with Gasteiger partial charge in [0.1, 0.15) is 0 Å². The molecule has 0 bridgehead atoms. The molecule has 0 fully saturated rings. The molecule has 174 valence electrons. The molecule has 3 rings (SSSR count). The van der Waals surface area contributed by atoms with Crippen LogP contribution in [0.1, 0.15) is 16.7 Å². The smallest absolute Gasteiger partial charge is 0.325 e. The molecule has 1 amide bonds. The molecule has 0 aliphatic carbocycles. The molecule has 5 nitrogen and oxygen atoms in total. The van der Waals surface area contributed by atoms with E-state index in [0.717, 1.165) is 34.1 Å². The summed E-state index contributed by atoms with van der Waals surface area (Å²) in [6.45, 7) is 1.32. The number of hydrogen-bond acceptors (Lipinski definition) is 3. The first-order chi connectivity index (χ1) is 15.4. The van der Waals surface area contributed by atoms with Gasteiger partial charge in [0.05, 0.1) is 17.0 Å². The molecular formula is C23H20BrF3N2O3S. The highest BCUT2D eigenvalue weighted by molar-refractivity contribution is 9.10. The number of nitrogens with one attached hydrogen (secondary N) is 1. The van der Waals surface area contributed by atoms with Gasteiger partial charge in [-0.15, -0.1) is 0 Å². The van der Waals surface area contributed by atoms with E-state index >= 15 is 0 Å². The molecule has 0 aliphatic heterocycles. The van der Waals surface area contributed by atoms with Gasteiger partial charge in [0, 0.05) is 16.7 Å². The number of aryl methyl sites for hydroxylation is 1. The van der Waals surface area contributed by atoms with Crippen LogP contribution in [0.5, 0.6) is 0 Å². The lowest BCUT2D eigenvalue weighted by Crippen LogP contribution is -2.37. The third-order valence-electron chi connectivity index (χ3n) is 4.75. The summed E-state index contributed by atoms with van der Waals surface area (Å²) in [6, 6.07) is 17.2. The van der Waals surface area contributed by atoms with Crippen LogP contribution in [-0.4, -0.2) is 25.2 Å². The number of benzene rings is 3. The summed E-state index contributed by atoms with van der Waals surface area (Å²) in [6.07, 6.45) is -4.49. The van der Waals surface area contributed by atoms with Gasteiger partial charge in [0.15, 0.2) is 0 Å². The fourth-order valence-corrected chi connectivity index (χ4v) is 4.63. The van der Waals surface area contributed by atoms with Gasteiger partial charge < -0.3 is 5.32 Å². The Morgan fingerprint density at radius 3 is 2.06 bits per heavy atom. The van der Waals surface area contributed by atoms with E-state index in [1.807, 2.05) is 19.1 Å². The molecule has 10 heteroatoms. The van der Waals surface area contributed by atoms with Gasteiger partial charge in [-0.1, -0.05) is 45.8 Å². The molecule has 3 aromatic carbocycles. The van der Waals surface area contributed by atoms with Gasteiger partial charge in [-0.2, -0.15) is 17.5 Å². The number of amides is 1. The van der Waals surface area contributed by atoms with Gasteiger partial charge in [0.25, 0.3) is 0 Å². The number of anilines is 1. The molecule has 0 saturated carbocycles. The zero-order valence-electron chi connectivity index (χ0n) is 17.4. The topological polar surface area (TPSA) is 66.5 Å². The number of sulfonamides is 1. The Hall–Kier alpha value is -2.69. The normalized spacial score (nSPS) is 12.1. The Morgan fingerprint density at radius 2 is 1.52 bits per heavy atom. The number of halogens is 4. The fraction of sp³-hybridized carbons (Fsp3) is 0.174. The second-order valence-corrected chi connectivity index (χ2v) is 10.2. The van der Waals surface area contributed by atoms with Crippen molar-refractivity contribution in [1.82, 2.24) is 4.31 Å². The maximum Gasteiger partial charge on any atom is 0.416 e. The monoisotopic (exact) mass is 540 g/mol. The largest absolute Gasteiger partial charge is 0.416 e. The summed E-state index contributed by atoms with van der Waals surface area (Å²) < 4.78 is 66.5. The Bertz CT molecular complexity index is 1210. The Kier molecular flexibility index (Phi) is 7.61. The zero-order valence-corrected chi connectivity index (χ0v) is 19.8. The maximum absolute atomic E-state index is 13.3. The van der Waals surface area contributed by atoms with Crippen molar-refractivity contribution in [2.75, 3.05) is 11.9 Å². The quantitative estimate of drug-likeness (QED) is 0.423. The van der Waals surface area contributed by atoms with E-state index in [9.17, 15) is 26.4 Å². The molecule has 0 aromatic heterocycles. The van der Waals surface area contributed by atoms with Gasteiger partial charge >= 0.3 is 6.18 Å². The maximum atomic E-state index is 13.3. The van der Waals surface area contributed by atoms with E-state index in [-0.39, 0.29) is 17.1 Å². The molecule has 0 saturated heterocycles. The minimum Gasteiger partial charge on any atom is -0.325 e. The third-order valence-corrected chi connectivity index (χ3v) is 7.08. The molecule has 0 heterocycles. The Morgan fingerprint density at radius 1 is 0.939 bits per heavy atom. The van der Waals surface area contributed by atoms with E-state index in [2.05, 4.69) is 21.2 Å². The molecular weight excluding hydrogens is 521 g/mol. The van der Waals surface area contributed by atoms with E-state index in [1.54, 1.807) is 24.3 Å². The highest BCUT2D eigenvalue weighted by atomic mass is 79.9. The van der Waals surface area contributed by atoms with Crippen molar-refractivity contribution in [2.45, 2.75) is 24.5 Å². The molecule has 0 unspecified atom stereocenters. The van der Waals surface area contributed by atoms with E-state index in [1.165, 1.54) is 12.1 Å². The van der Waals surface area contributed by atoms with Gasteiger partial charge in [0.2, 0.25) is 15.9 Å². The number of nitrogens with zero attached hydrogens (tertiary/aromatic N) is 1. The summed E-state index contributed by atoms with van der Waals surface area (Å²) in [4.78, 5) is 12.6. The first kappa shape index (κ1) is 24.9. The lowest BCUT2D eigenvalue weighted by atomic mass is 10.1. The fourth-order valence-electron chi connectivity index (χ4n) is 2.98. The van der Waals surface area contributed by atoms with Crippen molar-refractivity contribution >= 4 is 37.5 Å². The zero-order chi connectivity index (χ0) is 24.2. The number of rotatable bonds is 7. The average Bonchev–Trinajstić information content (AvgIpc) is 2.75. The van der Waals surface area contributed by atoms with Crippen molar-refractivity contribution in [2.24, 2.45) is 0 Å². The molecule has 0 radical (unpaired) electrons. The standard InChI is InChI=1S/C23H20BrF3N2O3S/c1-16-2-4-17(5-3-16)14-29(33(31,32)21-12-8-19(24)9-13-21)15-22(30)28-20-10-6-18(7-11-20)23(25,26)27/h2-13H,14-15H2,1H3,(H,28,30). The van der Waals surface area contributed by atoms with Gasteiger partial charge in [-0.3, -0.25) is 4.79 Å². The molecule has 3 aromatic rings. The van der Waals surface area contributed by atoms with Crippen molar-refractivity contribution in [3.63, 3.8) is 0 Å². The van der Waals surface area contributed by atoms with Crippen LogP contribution in [0.15, 0.2) is 82.2 Å². The number of hydrogen-bond donors (Lipinski definition) is 1. The second-order valence-electron chi connectivity index (χ2n) is 7.34. The average molecular weight is 541 g/mol. The van der Waals surface area contributed by atoms with Gasteiger partial charge in [-0.05, 0) is 61.0 Å². The summed E-state index contributed by atoms with van der Waals surface area (Å²) >= 11 is 3.26. The number of carbonyl (C=O) groups excluding carboxylic acids is 1. The first-order valence-corrected chi connectivity index (χ1v) is 12.0. The van der Waals surface area contributed by atoms with E-state index in [4.69, 9.17) is 0 Å². The Balaban J connectivity index is 1.83. The summed E-state index contributed by atoms with van der Waals surface area (Å²) in [5.41, 5.74) is 0.966. The lowest BCUT2D eigenvalue weighted by Gasteiger charge is -2.22. The summed E-state index contributed by atoms with van der Waals surface area (Å²) in [5, 5.41) is 2.46. The summed E-state index contributed by atoms with van der Waals surface area (Å²) in [5.74, 6) is -0.678. The highest BCUT2D eigenvalue weighted by Crippen LogP contribution is 2.30. The van der Waals surface area contributed by atoms with Crippen molar-refractivity contribution in [3.8, 4) is 0 Å². The first-order valence-electron chi connectivity index (χ1n) is 9.73. The van der Waals surface area contributed by atoms with E-state index in [0.29, 0.717) is 10.0 Å². The van der Waals surface area contributed by atoms with E-state index < -0.39 is 34.2 Å². The Labute approximate surface area is 198 Å². The third kappa shape index (κ3) is 6.66. The van der Waals surface area contributed by atoms with Crippen LogP contribution in [0, 0.1) is 6.92 Å². The molecule has 0 spiro atoms. The molecule has 0 aliphatic rings. The predicted molar refractivity (Wildman–Crippen MR) is 123 cm³/mol. The highest BCUT2D eigenvalue weighted by Gasteiger charge is 2.30. The number of carbonyl (C=O) groups is 1. The predicted octanol–water partition coefficient (Wildman–Crippen LogP) is 5.61. The van der Waals surface area contributed by atoms with Crippen LogP contribution >= 0.6 is 15.9 Å². The minimum absolute atomic E-state index is 0.0140. The van der Waals surface area contributed by atoms with Crippen LogP contribution in [-0.2, 0) is 27.5 Å². The molecule has 33 heavy (non-hydrogen) atoms. The second kappa shape index (κ2) is 10.1.